The molecule has 0 saturated heterocycles. The van der Waals surface area contributed by atoms with Crippen molar-refractivity contribution in [2.75, 3.05) is 11.1 Å². The highest BCUT2D eigenvalue weighted by Crippen LogP contribution is 2.22. The van der Waals surface area contributed by atoms with Gasteiger partial charge in [0.05, 0.1) is 0 Å². The lowest BCUT2D eigenvalue weighted by Gasteiger charge is -2.13. The summed E-state index contributed by atoms with van der Waals surface area (Å²) in [7, 11) is 0. The first kappa shape index (κ1) is 15.0. The molecule has 0 bridgehead atoms. The number of hydrogen-bond acceptors (Lipinski definition) is 2. The molecule has 0 fully saturated rings. The molecule has 2 aromatic rings. The minimum absolute atomic E-state index is 0.0689. The van der Waals surface area contributed by atoms with E-state index in [1.54, 1.807) is 19.1 Å². The van der Waals surface area contributed by atoms with Crippen molar-refractivity contribution < 1.29 is 9.18 Å². The molecular formula is C17H19FN2O. The molecule has 2 rings (SSSR count). The summed E-state index contributed by atoms with van der Waals surface area (Å²) in [5, 5.41) is 2.76. The van der Waals surface area contributed by atoms with Gasteiger partial charge in [0.15, 0.2) is 0 Å². The van der Waals surface area contributed by atoms with E-state index in [2.05, 4.69) is 5.32 Å². The predicted octanol–water partition coefficient (Wildman–Crippen LogP) is 3.85. The normalized spacial score (nSPS) is 12.0. The maximum atomic E-state index is 13.4. The van der Waals surface area contributed by atoms with E-state index in [1.165, 1.54) is 6.07 Å². The summed E-state index contributed by atoms with van der Waals surface area (Å²) >= 11 is 0. The van der Waals surface area contributed by atoms with Crippen LogP contribution in [0.4, 0.5) is 15.8 Å². The maximum absolute atomic E-state index is 13.4. The molecule has 0 spiro atoms. The summed E-state index contributed by atoms with van der Waals surface area (Å²) in [5.41, 5.74) is 8.37. The molecule has 0 aromatic heterocycles. The van der Waals surface area contributed by atoms with E-state index in [9.17, 15) is 9.18 Å². The SMILES string of the molecule is Cc1c(F)cccc1NC(=O)CC(C)c1ccc(N)cc1. The number of carbonyl (C=O) groups excluding carboxylic acids is 1. The van der Waals surface area contributed by atoms with Crippen LogP contribution >= 0.6 is 0 Å². The number of rotatable bonds is 4. The van der Waals surface area contributed by atoms with Crippen molar-refractivity contribution in [1.29, 1.82) is 0 Å². The van der Waals surface area contributed by atoms with Crippen LogP contribution in [-0.2, 0) is 4.79 Å². The van der Waals surface area contributed by atoms with Gasteiger partial charge in [-0.05, 0) is 42.7 Å². The van der Waals surface area contributed by atoms with Gasteiger partial charge in [-0.1, -0.05) is 25.1 Å². The Morgan fingerprint density at radius 1 is 1.24 bits per heavy atom. The molecule has 0 aliphatic carbocycles. The highest BCUT2D eigenvalue weighted by Gasteiger charge is 2.13. The molecule has 0 radical (unpaired) electrons. The Bertz CT molecular complexity index is 638. The Labute approximate surface area is 124 Å². The van der Waals surface area contributed by atoms with Gasteiger partial charge in [0.1, 0.15) is 5.82 Å². The fraction of sp³-hybridized carbons (Fsp3) is 0.235. The maximum Gasteiger partial charge on any atom is 0.224 e. The first-order valence-corrected chi connectivity index (χ1v) is 6.87. The lowest BCUT2D eigenvalue weighted by molar-refractivity contribution is -0.116. The van der Waals surface area contributed by atoms with Crippen molar-refractivity contribution in [2.45, 2.75) is 26.2 Å². The standard InChI is InChI=1S/C17H19FN2O/c1-11(13-6-8-14(19)9-7-13)10-17(21)20-16-5-3-4-15(18)12(16)2/h3-9,11H,10,19H2,1-2H3,(H,20,21). The minimum atomic E-state index is -0.320. The van der Waals surface area contributed by atoms with Gasteiger partial charge in [0, 0.05) is 23.4 Å². The Morgan fingerprint density at radius 3 is 2.57 bits per heavy atom. The van der Waals surface area contributed by atoms with Crippen LogP contribution in [0.2, 0.25) is 0 Å². The summed E-state index contributed by atoms with van der Waals surface area (Å²) in [4.78, 5) is 12.1. The van der Waals surface area contributed by atoms with Crippen LogP contribution in [0.15, 0.2) is 42.5 Å². The Balaban J connectivity index is 2.01. The Kier molecular flexibility index (Phi) is 4.58. The first-order chi connectivity index (χ1) is 9.97. The molecule has 4 heteroatoms. The van der Waals surface area contributed by atoms with E-state index < -0.39 is 0 Å². The number of benzene rings is 2. The van der Waals surface area contributed by atoms with Gasteiger partial charge in [0.2, 0.25) is 5.91 Å². The molecule has 1 amide bonds. The second kappa shape index (κ2) is 6.39. The summed E-state index contributed by atoms with van der Waals surface area (Å²) in [6, 6.07) is 12.1. The van der Waals surface area contributed by atoms with E-state index in [4.69, 9.17) is 5.73 Å². The van der Waals surface area contributed by atoms with E-state index >= 15 is 0 Å². The third-order valence-electron chi connectivity index (χ3n) is 3.54. The lowest BCUT2D eigenvalue weighted by atomic mass is 9.97. The highest BCUT2D eigenvalue weighted by molar-refractivity contribution is 5.92. The van der Waals surface area contributed by atoms with E-state index in [-0.39, 0.29) is 17.6 Å². The Hall–Kier alpha value is -2.36. The number of nitrogens with two attached hydrogens (primary N) is 1. The van der Waals surface area contributed by atoms with Gasteiger partial charge in [-0.2, -0.15) is 0 Å². The predicted molar refractivity (Wildman–Crippen MR) is 83.7 cm³/mol. The number of carbonyl (C=O) groups is 1. The molecule has 0 saturated carbocycles. The third kappa shape index (κ3) is 3.81. The molecule has 0 aliphatic heterocycles. The van der Waals surface area contributed by atoms with Gasteiger partial charge in [-0.3, -0.25) is 4.79 Å². The van der Waals surface area contributed by atoms with Crippen molar-refractivity contribution in [2.24, 2.45) is 0 Å². The lowest BCUT2D eigenvalue weighted by Crippen LogP contribution is -2.15. The second-order valence-corrected chi connectivity index (χ2v) is 5.23. The van der Waals surface area contributed by atoms with Crippen molar-refractivity contribution in [1.82, 2.24) is 0 Å². The number of amides is 1. The van der Waals surface area contributed by atoms with Crippen LogP contribution in [0.25, 0.3) is 0 Å². The van der Waals surface area contributed by atoms with Gasteiger partial charge in [-0.25, -0.2) is 4.39 Å². The summed E-state index contributed by atoms with van der Waals surface area (Å²) in [6.45, 7) is 3.62. The van der Waals surface area contributed by atoms with Gasteiger partial charge in [0.25, 0.3) is 0 Å². The average molecular weight is 286 g/mol. The molecule has 3 nitrogen and oxygen atoms in total. The number of nitrogen functional groups attached to an aromatic ring is 1. The number of halogens is 1. The van der Waals surface area contributed by atoms with E-state index in [0.717, 1.165) is 5.56 Å². The zero-order chi connectivity index (χ0) is 15.4. The zero-order valence-corrected chi connectivity index (χ0v) is 12.2. The largest absolute Gasteiger partial charge is 0.399 e. The number of nitrogens with one attached hydrogen (secondary N) is 1. The van der Waals surface area contributed by atoms with Crippen molar-refractivity contribution in [3.8, 4) is 0 Å². The van der Waals surface area contributed by atoms with Crippen LogP contribution in [-0.4, -0.2) is 5.91 Å². The summed E-state index contributed by atoms with van der Waals surface area (Å²) < 4.78 is 13.4. The molecule has 21 heavy (non-hydrogen) atoms. The Morgan fingerprint density at radius 2 is 1.90 bits per heavy atom. The summed E-state index contributed by atoms with van der Waals surface area (Å²) in [6.07, 6.45) is 0.333. The number of hydrogen-bond donors (Lipinski definition) is 2. The fourth-order valence-corrected chi connectivity index (χ4v) is 2.16. The van der Waals surface area contributed by atoms with Crippen LogP contribution < -0.4 is 11.1 Å². The van der Waals surface area contributed by atoms with Crippen LogP contribution in [0.5, 0.6) is 0 Å². The highest BCUT2D eigenvalue weighted by atomic mass is 19.1. The van der Waals surface area contributed by atoms with Crippen molar-refractivity contribution in [3.63, 3.8) is 0 Å². The van der Waals surface area contributed by atoms with Crippen molar-refractivity contribution in [3.05, 3.63) is 59.4 Å². The van der Waals surface area contributed by atoms with Gasteiger partial charge in [-0.15, -0.1) is 0 Å². The van der Waals surface area contributed by atoms with Crippen LogP contribution in [0.1, 0.15) is 30.4 Å². The topological polar surface area (TPSA) is 55.1 Å². The molecule has 0 heterocycles. The molecule has 2 aromatic carbocycles. The fourth-order valence-electron chi connectivity index (χ4n) is 2.16. The van der Waals surface area contributed by atoms with Gasteiger partial charge < -0.3 is 11.1 Å². The third-order valence-corrected chi connectivity index (χ3v) is 3.54. The quantitative estimate of drug-likeness (QED) is 0.839. The molecule has 1 unspecified atom stereocenters. The summed E-state index contributed by atoms with van der Waals surface area (Å²) in [5.74, 6) is -0.383. The smallest absolute Gasteiger partial charge is 0.224 e. The monoisotopic (exact) mass is 286 g/mol. The van der Waals surface area contributed by atoms with Crippen LogP contribution in [0, 0.1) is 12.7 Å². The average Bonchev–Trinajstić information content (AvgIpc) is 2.44. The number of anilines is 2. The minimum Gasteiger partial charge on any atom is -0.399 e. The second-order valence-electron chi connectivity index (χ2n) is 5.23. The van der Waals surface area contributed by atoms with Gasteiger partial charge >= 0.3 is 0 Å². The molecule has 0 aliphatic rings. The van der Waals surface area contributed by atoms with E-state index in [0.29, 0.717) is 23.4 Å². The molecule has 110 valence electrons. The van der Waals surface area contributed by atoms with E-state index in [1.807, 2.05) is 31.2 Å². The molecule has 1 atom stereocenters. The first-order valence-electron chi connectivity index (χ1n) is 6.87. The van der Waals surface area contributed by atoms with Crippen LogP contribution in [0.3, 0.4) is 0 Å². The molecular weight excluding hydrogens is 267 g/mol. The molecule has 3 N–H and O–H groups in total. The van der Waals surface area contributed by atoms with Crippen molar-refractivity contribution >= 4 is 17.3 Å². The zero-order valence-electron chi connectivity index (χ0n) is 12.2.